The number of imidazole rings is 1. The summed E-state index contributed by atoms with van der Waals surface area (Å²) in [6.45, 7) is 4.04. The molecular formula is C20H17N3O2. The van der Waals surface area contributed by atoms with Gasteiger partial charge in [-0.2, -0.15) is 0 Å². The summed E-state index contributed by atoms with van der Waals surface area (Å²) in [6.07, 6.45) is 3.44. The minimum absolute atomic E-state index is 0.262. The number of rotatable bonds is 3. The first-order valence-corrected chi connectivity index (χ1v) is 8.03. The Morgan fingerprint density at radius 2 is 1.92 bits per heavy atom. The molecule has 0 aliphatic heterocycles. The first-order chi connectivity index (χ1) is 12.1. The maximum Gasteiger partial charge on any atom is 0.292 e. The number of anilines is 1. The van der Waals surface area contributed by atoms with Crippen LogP contribution < -0.4 is 5.32 Å². The number of carbonyl (C=O) groups is 1. The van der Waals surface area contributed by atoms with E-state index in [1.165, 1.54) is 6.26 Å². The fraction of sp³-hybridized carbons (Fsp3) is 0.100. The second-order valence-electron chi connectivity index (χ2n) is 5.99. The average molecular weight is 331 g/mol. The Morgan fingerprint density at radius 3 is 2.68 bits per heavy atom. The van der Waals surface area contributed by atoms with Crippen molar-refractivity contribution in [2.75, 3.05) is 5.32 Å². The SMILES string of the molecule is Cc1ccc2nc(-c3ccccc3C)c(NC(=O)c3ccco3)n2c1. The number of benzene rings is 1. The van der Waals surface area contributed by atoms with Crippen molar-refractivity contribution in [2.24, 2.45) is 0 Å². The Kier molecular flexibility index (Phi) is 3.61. The minimum atomic E-state index is -0.303. The lowest BCUT2D eigenvalue weighted by molar-refractivity contribution is 0.0996. The van der Waals surface area contributed by atoms with Gasteiger partial charge >= 0.3 is 0 Å². The van der Waals surface area contributed by atoms with Gasteiger partial charge in [0.1, 0.15) is 17.2 Å². The predicted molar refractivity (Wildman–Crippen MR) is 96.8 cm³/mol. The molecule has 4 aromatic rings. The van der Waals surface area contributed by atoms with Crippen molar-refractivity contribution in [3.8, 4) is 11.3 Å². The second kappa shape index (κ2) is 5.94. The molecule has 3 aromatic heterocycles. The van der Waals surface area contributed by atoms with Gasteiger partial charge in [0.2, 0.25) is 0 Å². The van der Waals surface area contributed by atoms with Gasteiger partial charge in [0, 0.05) is 11.8 Å². The van der Waals surface area contributed by atoms with Crippen molar-refractivity contribution in [1.82, 2.24) is 9.38 Å². The molecule has 0 spiro atoms. The zero-order valence-corrected chi connectivity index (χ0v) is 14.0. The standard InChI is InChI=1S/C20H17N3O2/c1-13-9-10-17-21-18(15-7-4-3-6-14(15)2)19(23(17)12-13)22-20(24)16-8-5-11-25-16/h3-12H,1-2H3,(H,22,24). The van der Waals surface area contributed by atoms with Gasteiger partial charge in [0.15, 0.2) is 5.76 Å². The monoisotopic (exact) mass is 331 g/mol. The molecule has 5 nitrogen and oxygen atoms in total. The van der Waals surface area contributed by atoms with Gasteiger partial charge in [-0.1, -0.05) is 30.3 Å². The number of fused-ring (bicyclic) bond motifs is 1. The largest absolute Gasteiger partial charge is 0.459 e. The van der Waals surface area contributed by atoms with E-state index in [0.717, 1.165) is 28.0 Å². The lowest BCUT2D eigenvalue weighted by Gasteiger charge is -2.08. The highest BCUT2D eigenvalue weighted by Crippen LogP contribution is 2.31. The summed E-state index contributed by atoms with van der Waals surface area (Å²) >= 11 is 0. The number of pyridine rings is 1. The molecule has 25 heavy (non-hydrogen) atoms. The number of hydrogen-bond donors (Lipinski definition) is 1. The summed E-state index contributed by atoms with van der Waals surface area (Å²) in [5.41, 5.74) is 4.67. The van der Waals surface area contributed by atoms with Crippen molar-refractivity contribution in [3.63, 3.8) is 0 Å². The number of amides is 1. The van der Waals surface area contributed by atoms with E-state index in [1.54, 1.807) is 12.1 Å². The highest BCUT2D eigenvalue weighted by Gasteiger charge is 2.19. The van der Waals surface area contributed by atoms with Crippen molar-refractivity contribution in [3.05, 3.63) is 77.9 Å². The molecule has 0 fully saturated rings. The van der Waals surface area contributed by atoms with Gasteiger partial charge in [-0.25, -0.2) is 4.98 Å². The van der Waals surface area contributed by atoms with Gasteiger partial charge in [0.25, 0.3) is 5.91 Å². The molecule has 0 radical (unpaired) electrons. The van der Waals surface area contributed by atoms with Gasteiger partial charge < -0.3 is 9.73 Å². The highest BCUT2D eigenvalue weighted by atomic mass is 16.3. The maximum atomic E-state index is 12.5. The first kappa shape index (κ1) is 15.2. The van der Waals surface area contributed by atoms with E-state index in [4.69, 9.17) is 9.40 Å². The van der Waals surface area contributed by atoms with Crippen LogP contribution in [-0.4, -0.2) is 15.3 Å². The molecule has 3 heterocycles. The smallest absolute Gasteiger partial charge is 0.292 e. The molecule has 0 saturated heterocycles. The van der Waals surface area contributed by atoms with Crippen molar-refractivity contribution < 1.29 is 9.21 Å². The van der Waals surface area contributed by atoms with Crippen molar-refractivity contribution >= 4 is 17.4 Å². The van der Waals surface area contributed by atoms with Gasteiger partial charge in [-0.3, -0.25) is 9.20 Å². The molecule has 124 valence electrons. The number of aryl methyl sites for hydroxylation is 2. The lowest BCUT2D eigenvalue weighted by atomic mass is 10.1. The van der Waals surface area contributed by atoms with E-state index in [9.17, 15) is 4.79 Å². The van der Waals surface area contributed by atoms with Crippen LogP contribution in [-0.2, 0) is 0 Å². The first-order valence-electron chi connectivity index (χ1n) is 8.03. The van der Waals surface area contributed by atoms with E-state index in [-0.39, 0.29) is 11.7 Å². The van der Waals surface area contributed by atoms with Crippen molar-refractivity contribution in [1.29, 1.82) is 0 Å². The molecule has 1 amide bonds. The summed E-state index contributed by atoms with van der Waals surface area (Å²) in [7, 11) is 0. The quantitative estimate of drug-likeness (QED) is 0.603. The molecule has 4 rings (SSSR count). The highest BCUT2D eigenvalue weighted by molar-refractivity contribution is 6.04. The summed E-state index contributed by atoms with van der Waals surface area (Å²) < 4.78 is 7.11. The fourth-order valence-electron chi connectivity index (χ4n) is 2.87. The predicted octanol–water partition coefficient (Wildman–Crippen LogP) is 4.46. The van der Waals surface area contributed by atoms with Crippen LogP contribution in [0, 0.1) is 13.8 Å². The van der Waals surface area contributed by atoms with Gasteiger partial charge in [-0.15, -0.1) is 0 Å². The number of furan rings is 1. The molecule has 5 heteroatoms. The number of aromatic nitrogens is 2. The van der Waals surface area contributed by atoms with Gasteiger partial charge in [-0.05, 0) is 43.2 Å². The van der Waals surface area contributed by atoms with E-state index in [2.05, 4.69) is 5.32 Å². The average Bonchev–Trinajstić information content (AvgIpc) is 3.24. The van der Waals surface area contributed by atoms with Crippen LogP contribution >= 0.6 is 0 Å². The van der Waals surface area contributed by atoms with E-state index < -0.39 is 0 Å². The summed E-state index contributed by atoms with van der Waals surface area (Å²) in [4.78, 5) is 17.3. The Balaban J connectivity index is 1.90. The van der Waals surface area contributed by atoms with Crippen LogP contribution in [0.2, 0.25) is 0 Å². The molecule has 1 N–H and O–H groups in total. The molecule has 0 unspecified atom stereocenters. The second-order valence-corrected chi connectivity index (χ2v) is 5.99. The molecule has 0 atom stereocenters. The third kappa shape index (κ3) is 2.70. The molecule has 0 aliphatic rings. The normalized spacial score (nSPS) is 11.0. The third-order valence-electron chi connectivity index (χ3n) is 4.14. The van der Waals surface area contributed by atoms with Crippen LogP contribution in [0.5, 0.6) is 0 Å². The van der Waals surface area contributed by atoms with E-state index >= 15 is 0 Å². The lowest BCUT2D eigenvalue weighted by Crippen LogP contribution is -2.13. The molecule has 0 saturated carbocycles. The van der Waals surface area contributed by atoms with E-state index in [0.29, 0.717) is 5.82 Å². The zero-order valence-electron chi connectivity index (χ0n) is 14.0. The van der Waals surface area contributed by atoms with Crippen molar-refractivity contribution in [2.45, 2.75) is 13.8 Å². The number of nitrogens with zero attached hydrogens (tertiary/aromatic N) is 2. The Labute approximate surface area is 144 Å². The van der Waals surface area contributed by atoms with Crippen LogP contribution in [0.3, 0.4) is 0 Å². The maximum absolute atomic E-state index is 12.5. The van der Waals surface area contributed by atoms with Gasteiger partial charge in [0.05, 0.1) is 6.26 Å². The Hall–Kier alpha value is -3.34. The zero-order chi connectivity index (χ0) is 17.4. The molecule has 1 aromatic carbocycles. The third-order valence-corrected chi connectivity index (χ3v) is 4.14. The Morgan fingerprint density at radius 1 is 1.08 bits per heavy atom. The molecular weight excluding hydrogens is 314 g/mol. The summed E-state index contributed by atoms with van der Waals surface area (Å²) in [6, 6.07) is 15.3. The molecule has 0 aliphatic carbocycles. The number of hydrogen-bond acceptors (Lipinski definition) is 3. The summed E-state index contributed by atoms with van der Waals surface area (Å²) in [5, 5.41) is 2.96. The van der Waals surface area contributed by atoms with E-state index in [1.807, 2.05) is 60.8 Å². The van der Waals surface area contributed by atoms with Crippen LogP contribution in [0.15, 0.2) is 65.4 Å². The molecule has 0 bridgehead atoms. The van der Waals surface area contributed by atoms with Crippen LogP contribution in [0.25, 0.3) is 16.9 Å². The topological polar surface area (TPSA) is 59.5 Å². The van der Waals surface area contributed by atoms with Crippen LogP contribution in [0.1, 0.15) is 21.7 Å². The number of nitrogens with one attached hydrogen (secondary N) is 1. The van der Waals surface area contributed by atoms with Crippen LogP contribution in [0.4, 0.5) is 5.82 Å². The Bertz CT molecular complexity index is 1060. The minimum Gasteiger partial charge on any atom is -0.459 e. The summed E-state index contributed by atoms with van der Waals surface area (Å²) in [5.74, 6) is 0.593. The number of carbonyl (C=O) groups excluding carboxylic acids is 1. The fourth-order valence-corrected chi connectivity index (χ4v) is 2.87.